The van der Waals surface area contributed by atoms with Crippen LogP contribution in [0.2, 0.25) is 0 Å². The number of H-pyrrole nitrogens is 1. The number of benzene rings is 1. The first-order chi connectivity index (χ1) is 12.3. The van der Waals surface area contributed by atoms with Gasteiger partial charge in [0.2, 0.25) is 0 Å². The van der Waals surface area contributed by atoms with Crippen LogP contribution in [0, 0.1) is 0 Å². The number of aromatic nitrogens is 3. The highest BCUT2D eigenvalue weighted by Gasteiger charge is 2.19. The fraction of sp³-hybridized carbons (Fsp3) is 0.300. The van der Waals surface area contributed by atoms with Gasteiger partial charge in [0.1, 0.15) is 5.82 Å². The van der Waals surface area contributed by atoms with Gasteiger partial charge in [-0.3, -0.25) is 4.98 Å². The van der Waals surface area contributed by atoms with E-state index in [4.69, 9.17) is 9.47 Å². The molecule has 0 amide bonds. The lowest BCUT2D eigenvalue weighted by Gasteiger charge is -2.18. The average Bonchev–Trinajstić information content (AvgIpc) is 3.29. The van der Waals surface area contributed by atoms with Crippen LogP contribution in [-0.2, 0) is 0 Å². The van der Waals surface area contributed by atoms with Crippen LogP contribution < -0.4 is 9.47 Å². The van der Waals surface area contributed by atoms with Crippen molar-refractivity contribution in [2.45, 2.75) is 31.8 Å². The van der Waals surface area contributed by atoms with Crippen molar-refractivity contribution in [1.82, 2.24) is 15.0 Å². The van der Waals surface area contributed by atoms with Gasteiger partial charge in [-0.25, -0.2) is 4.98 Å². The zero-order valence-corrected chi connectivity index (χ0v) is 14.2. The summed E-state index contributed by atoms with van der Waals surface area (Å²) in [5.41, 5.74) is 2.82. The van der Waals surface area contributed by atoms with Crippen LogP contribution in [0.5, 0.6) is 11.5 Å². The molecule has 0 atom stereocenters. The summed E-state index contributed by atoms with van der Waals surface area (Å²) in [4.78, 5) is 11.9. The van der Waals surface area contributed by atoms with Gasteiger partial charge in [-0.1, -0.05) is 12.1 Å². The summed E-state index contributed by atoms with van der Waals surface area (Å²) in [6, 6.07) is 7.84. The van der Waals surface area contributed by atoms with E-state index in [1.165, 1.54) is 12.8 Å². The summed E-state index contributed by atoms with van der Waals surface area (Å²) in [5.74, 6) is 2.37. The number of nitrogens with one attached hydrogen (secondary N) is 1. The third kappa shape index (κ3) is 3.36. The summed E-state index contributed by atoms with van der Waals surface area (Å²) in [6.45, 7) is 0. The Balaban J connectivity index is 1.64. The molecule has 2 heterocycles. The first-order valence-corrected chi connectivity index (χ1v) is 8.65. The summed E-state index contributed by atoms with van der Waals surface area (Å²) in [5, 5.41) is 0. The Morgan fingerprint density at radius 2 is 2.04 bits per heavy atom. The Kier molecular flexibility index (Phi) is 4.37. The van der Waals surface area contributed by atoms with Gasteiger partial charge in [0, 0.05) is 11.8 Å². The number of hydrogen-bond acceptors (Lipinski definition) is 4. The third-order valence-corrected chi connectivity index (χ3v) is 4.54. The Hall–Kier alpha value is -2.82. The van der Waals surface area contributed by atoms with Crippen molar-refractivity contribution in [2.24, 2.45) is 0 Å². The fourth-order valence-corrected chi connectivity index (χ4v) is 3.25. The Labute approximate surface area is 146 Å². The van der Waals surface area contributed by atoms with Crippen molar-refractivity contribution >= 4 is 23.2 Å². The van der Waals surface area contributed by atoms with E-state index in [2.05, 4.69) is 15.0 Å². The molecule has 0 spiro atoms. The topological polar surface area (TPSA) is 60.0 Å². The van der Waals surface area contributed by atoms with E-state index in [0.29, 0.717) is 0 Å². The van der Waals surface area contributed by atoms with Crippen molar-refractivity contribution in [3.05, 3.63) is 48.0 Å². The second-order valence-corrected chi connectivity index (χ2v) is 6.25. The Bertz CT molecular complexity index is 862. The van der Waals surface area contributed by atoms with Crippen LogP contribution in [0.25, 0.3) is 23.2 Å². The smallest absolute Gasteiger partial charge is 0.168 e. The van der Waals surface area contributed by atoms with E-state index < -0.39 is 0 Å². The molecule has 0 radical (unpaired) electrons. The molecular weight excluding hydrogens is 314 g/mol. The van der Waals surface area contributed by atoms with Crippen LogP contribution in [0.1, 0.15) is 37.1 Å². The minimum Gasteiger partial charge on any atom is -0.493 e. The van der Waals surface area contributed by atoms with E-state index in [-0.39, 0.29) is 6.10 Å². The van der Waals surface area contributed by atoms with Crippen molar-refractivity contribution in [3.63, 3.8) is 0 Å². The molecule has 0 bridgehead atoms. The summed E-state index contributed by atoms with van der Waals surface area (Å²) in [7, 11) is 1.68. The fourth-order valence-electron chi connectivity index (χ4n) is 3.25. The van der Waals surface area contributed by atoms with Crippen LogP contribution >= 0.6 is 0 Å². The van der Waals surface area contributed by atoms with Gasteiger partial charge in [0.05, 0.1) is 30.4 Å². The second kappa shape index (κ2) is 6.97. The third-order valence-electron chi connectivity index (χ3n) is 4.54. The van der Waals surface area contributed by atoms with Crippen molar-refractivity contribution in [3.8, 4) is 11.5 Å². The summed E-state index contributed by atoms with van der Waals surface area (Å²) < 4.78 is 11.8. The summed E-state index contributed by atoms with van der Waals surface area (Å²) >= 11 is 0. The van der Waals surface area contributed by atoms with E-state index in [1.807, 2.05) is 36.4 Å². The number of para-hydroxylation sites is 1. The molecule has 3 aromatic rings. The second-order valence-electron chi connectivity index (χ2n) is 6.25. The molecule has 25 heavy (non-hydrogen) atoms. The van der Waals surface area contributed by atoms with Gasteiger partial charge in [-0.2, -0.15) is 0 Å². The van der Waals surface area contributed by atoms with Gasteiger partial charge in [0.25, 0.3) is 0 Å². The maximum atomic E-state index is 6.26. The maximum Gasteiger partial charge on any atom is 0.168 e. The highest BCUT2D eigenvalue weighted by atomic mass is 16.5. The van der Waals surface area contributed by atoms with E-state index in [0.717, 1.165) is 46.8 Å². The predicted molar refractivity (Wildman–Crippen MR) is 98.7 cm³/mol. The van der Waals surface area contributed by atoms with E-state index in [9.17, 15) is 0 Å². The molecule has 4 rings (SSSR count). The molecule has 0 aliphatic heterocycles. The number of rotatable bonds is 5. The molecule has 1 aliphatic rings. The first-order valence-electron chi connectivity index (χ1n) is 8.65. The highest BCUT2D eigenvalue weighted by Crippen LogP contribution is 2.35. The molecule has 5 nitrogen and oxygen atoms in total. The molecule has 2 aromatic heterocycles. The molecule has 128 valence electrons. The lowest BCUT2D eigenvalue weighted by atomic mass is 10.1. The van der Waals surface area contributed by atoms with Gasteiger partial charge in [-0.15, -0.1) is 0 Å². The van der Waals surface area contributed by atoms with Crippen LogP contribution in [0.3, 0.4) is 0 Å². The van der Waals surface area contributed by atoms with Gasteiger partial charge < -0.3 is 14.5 Å². The standard InChI is InChI=1S/C20H21N3O2/c1-24-18-8-4-5-14(20(18)25-15-6-2-3-7-15)9-10-19-22-16-11-12-21-13-17(16)23-19/h4-5,8-13,15H,2-3,6-7H2,1H3,(H,22,23)/b10-9+. The van der Waals surface area contributed by atoms with Crippen molar-refractivity contribution < 1.29 is 9.47 Å². The van der Waals surface area contributed by atoms with Crippen molar-refractivity contribution in [1.29, 1.82) is 0 Å². The normalized spacial score (nSPS) is 15.2. The zero-order valence-electron chi connectivity index (χ0n) is 14.2. The average molecular weight is 335 g/mol. The number of aromatic amines is 1. The van der Waals surface area contributed by atoms with Gasteiger partial charge >= 0.3 is 0 Å². The first kappa shape index (κ1) is 15.7. The van der Waals surface area contributed by atoms with E-state index in [1.54, 1.807) is 19.5 Å². The number of pyridine rings is 1. The molecule has 1 N–H and O–H groups in total. The Morgan fingerprint density at radius 1 is 1.16 bits per heavy atom. The monoisotopic (exact) mass is 335 g/mol. The van der Waals surface area contributed by atoms with Crippen LogP contribution in [0.4, 0.5) is 0 Å². The van der Waals surface area contributed by atoms with Gasteiger partial charge in [-0.05, 0) is 50.0 Å². The number of methoxy groups -OCH3 is 1. The number of nitrogens with zero attached hydrogens (tertiary/aromatic N) is 2. The highest BCUT2D eigenvalue weighted by molar-refractivity contribution is 5.79. The Morgan fingerprint density at radius 3 is 2.84 bits per heavy atom. The number of fused-ring (bicyclic) bond motifs is 1. The molecule has 1 aromatic carbocycles. The van der Waals surface area contributed by atoms with E-state index >= 15 is 0 Å². The molecule has 1 fully saturated rings. The minimum atomic E-state index is 0.278. The molecule has 5 heteroatoms. The zero-order chi connectivity index (χ0) is 17.1. The van der Waals surface area contributed by atoms with Crippen LogP contribution in [-0.4, -0.2) is 28.2 Å². The lowest BCUT2D eigenvalue weighted by molar-refractivity contribution is 0.200. The predicted octanol–water partition coefficient (Wildman–Crippen LogP) is 4.46. The number of ether oxygens (including phenoxy) is 2. The quantitative estimate of drug-likeness (QED) is 0.748. The molecule has 1 saturated carbocycles. The van der Waals surface area contributed by atoms with Crippen LogP contribution in [0.15, 0.2) is 36.7 Å². The summed E-state index contributed by atoms with van der Waals surface area (Å²) in [6.07, 6.45) is 12.5. The SMILES string of the molecule is COc1cccc(/C=C/c2nc3ccncc3[nH]2)c1OC1CCCC1. The molecule has 0 saturated heterocycles. The molecule has 1 aliphatic carbocycles. The molecule has 0 unspecified atom stereocenters. The van der Waals surface area contributed by atoms with Crippen molar-refractivity contribution in [2.75, 3.05) is 7.11 Å². The molecular formula is C20H21N3O2. The largest absolute Gasteiger partial charge is 0.493 e. The number of imidazole rings is 1. The van der Waals surface area contributed by atoms with Gasteiger partial charge in [0.15, 0.2) is 11.5 Å². The minimum absolute atomic E-state index is 0.278. The number of hydrogen-bond donors (Lipinski definition) is 1. The lowest BCUT2D eigenvalue weighted by Crippen LogP contribution is -2.12. The maximum absolute atomic E-state index is 6.26.